The summed E-state index contributed by atoms with van der Waals surface area (Å²) in [5.74, 6) is 1.32. The molecule has 1 aromatic rings. The lowest BCUT2D eigenvalue weighted by molar-refractivity contribution is 0.105. The Morgan fingerprint density at radius 2 is 1.90 bits per heavy atom. The Bertz CT molecular complexity index is 388. The van der Waals surface area contributed by atoms with Crippen molar-refractivity contribution in [2.24, 2.45) is 5.92 Å². The molecule has 0 bridgehead atoms. The number of nitrogens with zero attached hydrogens (tertiary/aromatic N) is 1. The molecule has 3 atom stereocenters. The summed E-state index contributed by atoms with van der Waals surface area (Å²) < 4.78 is 0. The maximum Gasteiger partial charge on any atom is 0.0219 e. The van der Waals surface area contributed by atoms with Crippen LogP contribution in [0.1, 0.15) is 45.6 Å². The van der Waals surface area contributed by atoms with Crippen molar-refractivity contribution in [2.75, 3.05) is 19.6 Å². The molecule has 0 aromatic heterocycles. The number of hydrogen-bond donors (Lipinski definition) is 1. The van der Waals surface area contributed by atoms with Crippen molar-refractivity contribution in [1.29, 1.82) is 0 Å². The van der Waals surface area contributed by atoms with E-state index in [2.05, 4.69) is 68.2 Å². The first-order valence-corrected chi connectivity index (χ1v) is 8.14. The SMILES string of the molecule is CCC1CNC(C(C)C)CN1CC(C)c1ccccc1. The first-order chi connectivity index (χ1) is 9.61. The monoisotopic (exact) mass is 274 g/mol. The molecule has 1 aliphatic heterocycles. The predicted molar refractivity (Wildman–Crippen MR) is 87.1 cm³/mol. The Morgan fingerprint density at radius 3 is 2.50 bits per heavy atom. The number of benzene rings is 1. The largest absolute Gasteiger partial charge is 0.311 e. The Hall–Kier alpha value is -0.860. The van der Waals surface area contributed by atoms with Gasteiger partial charge in [0, 0.05) is 31.7 Å². The van der Waals surface area contributed by atoms with Gasteiger partial charge >= 0.3 is 0 Å². The third-order valence-electron chi connectivity index (χ3n) is 4.72. The van der Waals surface area contributed by atoms with Crippen LogP contribution in [-0.4, -0.2) is 36.6 Å². The summed E-state index contributed by atoms with van der Waals surface area (Å²) in [7, 11) is 0. The van der Waals surface area contributed by atoms with Crippen LogP contribution >= 0.6 is 0 Å². The minimum absolute atomic E-state index is 0.608. The van der Waals surface area contributed by atoms with Crippen molar-refractivity contribution in [1.82, 2.24) is 10.2 Å². The number of piperazine rings is 1. The summed E-state index contributed by atoms with van der Waals surface area (Å²) in [5, 5.41) is 3.72. The standard InChI is InChI=1S/C18H30N2/c1-5-17-11-19-18(14(2)3)13-20(17)12-15(4)16-9-7-6-8-10-16/h6-10,14-15,17-19H,5,11-13H2,1-4H3. The highest BCUT2D eigenvalue weighted by atomic mass is 15.2. The van der Waals surface area contributed by atoms with E-state index in [1.165, 1.54) is 25.1 Å². The maximum absolute atomic E-state index is 3.72. The van der Waals surface area contributed by atoms with Crippen LogP contribution in [0.4, 0.5) is 0 Å². The fraction of sp³-hybridized carbons (Fsp3) is 0.667. The molecule has 1 heterocycles. The molecule has 1 fully saturated rings. The number of nitrogens with one attached hydrogen (secondary N) is 1. The average Bonchev–Trinajstić information content (AvgIpc) is 2.48. The Balaban J connectivity index is 2.00. The lowest BCUT2D eigenvalue weighted by Gasteiger charge is -2.42. The lowest BCUT2D eigenvalue weighted by Crippen LogP contribution is -2.58. The van der Waals surface area contributed by atoms with Crippen LogP contribution in [0.5, 0.6) is 0 Å². The first kappa shape index (κ1) is 15.5. The molecular formula is C18H30N2. The number of hydrogen-bond acceptors (Lipinski definition) is 2. The molecule has 0 spiro atoms. The summed E-state index contributed by atoms with van der Waals surface area (Å²) in [6.07, 6.45) is 1.24. The van der Waals surface area contributed by atoms with Crippen molar-refractivity contribution in [3.05, 3.63) is 35.9 Å². The Labute approximate surface area is 124 Å². The summed E-state index contributed by atoms with van der Waals surface area (Å²) in [6, 6.07) is 12.2. The van der Waals surface area contributed by atoms with Crippen LogP contribution in [0.15, 0.2) is 30.3 Å². The highest BCUT2D eigenvalue weighted by Crippen LogP contribution is 2.21. The smallest absolute Gasteiger partial charge is 0.0219 e. The van der Waals surface area contributed by atoms with Gasteiger partial charge in [0.05, 0.1) is 0 Å². The van der Waals surface area contributed by atoms with Crippen LogP contribution in [0.25, 0.3) is 0 Å². The molecule has 1 saturated heterocycles. The van der Waals surface area contributed by atoms with Crippen molar-refractivity contribution < 1.29 is 0 Å². The van der Waals surface area contributed by atoms with E-state index in [0.717, 1.165) is 6.54 Å². The third kappa shape index (κ3) is 3.83. The molecule has 0 amide bonds. The van der Waals surface area contributed by atoms with Gasteiger partial charge in [-0.3, -0.25) is 4.90 Å². The van der Waals surface area contributed by atoms with Gasteiger partial charge in [-0.15, -0.1) is 0 Å². The highest BCUT2D eigenvalue weighted by molar-refractivity contribution is 5.19. The summed E-state index contributed by atoms with van der Waals surface area (Å²) in [6.45, 7) is 12.8. The molecular weight excluding hydrogens is 244 g/mol. The van der Waals surface area contributed by atoms with Crippen LogP contribution in [0.2, 0.25) is 0 Å². The van der Waals surface area contributed by atoms with Gasteiger partial charge in [0.25, 0.3) is 0 Å². The van der Waals surface area contributed by atoms with Gasteiger partial charge in [-0.2, -0.15) is 0 Å². The fourth-order valence-electron chi connectivity index (χ4n) is 3.19. The van der Waals surface area contributed by atoms with Crippen LogP contribution < -0.4 is 5.32 Å². The fourth-order valence-corrected chi connectivity index (χ4v) is 3.19. The van der Waals surface area contributed by atoms with Crippen LogP contribution in [0, 0.1) is 5.92 Å². The van der Waals surface area contributed by atoms with Crippen molar-refractivity contribution in [3.63, 3.8) is 0 Å². The molecule has 112 valence electrons. The van der Waals surface area contributed by atoms with Gasteiger partial charge in [-0.1, -0.05) is 58.0 Å². The van der Waals surface area contributed by atoms with E-state index < -0.39 is 0 Å². The minimum Gasteiger partial charge on any atom is -0.311 e. The van der Waals surface area contributed by atoms with Crippen molar-refractivity contribution >= 4 is 0 Å². The zero-order valence-corrected chi connectivity index (χ0v) is 13.5. The summed E-state index contributed by atoms with van der Waals surface area (Å²) >= 11 is 0. The quantitative estimate of drug-likeness (QED) is 0.884. The van der Waals surface area contributed by atoms with Crippen molar-refractivity contribution in [3.8, 4) is 0 Å². The molecule has 0 radical (unpaired) electrons. The average molecular weight is 274 g/mol. The van der Waals surface area contributed by atoms with Gasteiger partial charge in [0.2, 0.25) is 0 Å². The zero-order valence-electron chi connectivity index (χ0n) is 13.5. The maximum atomic E-state index is 3.72. The molecule has 0 aliphatic carbocycles. The van der Waals surface area contributed by atoms with Gasteiger partial charge in [-0.05, 0) is 23.8 Å². The highest BCUT2D eigenvalue weighted by Gasteiger charge is 2.29. The van der Waals surface area contributed by atoms with Gasteiger partial charge in [0.15, 0.2) is 0 Å². The predicted octanol–water partition coefficient (Wildman–Crippen LogP) is 3.50. The molecule has 2 heteroatoms. The van der Waals surface area contributed by atoms with E-state index in [9.17, 15) is 0 Å². The van der Waals surface area contributed by atoms with E-state index in [-0.39, 0.29) is 0 Å². The van der Waals surface area contributed by atoms with E-state index in [0.29, 0.717) is 23.9 Å². The lowest BCUT2D eigenvalue weighted by atomic mass is 9.95. The summed E-state index contributed by atoms with van der Waals surface area (Å²) in [4.78, 5) is 2.71. The van der Waals surface area contributed by atoms with Crippen LogP contribution in [0.3, 0.4) is 0 Å². The zero-order chi connectivity index (χ0) is 14.5. The molecule has 2 nitrogen and oxygen atoms in total. The third-order valence-corrected chi connectivity index (χ3v) is 4.72. The normalized spacial score (nSPS) is 25.9. The molecule has 2 rings (SSSR count). The summed E-state index contributed by atoms with van der Waals surface area (Å²) in [5.41, 5.74) is 1.46. The molecule has 0 saturated carbocycles. The van der Waals surface area contributed by atoms with E-state index in [1.54, 1.807) is 0 Å². The molecule has 20 heavy (non-hydrogen) atoms. The van der Waals surface area contributed by atoms with E-state index >= 15 is 0 Å². The Morgan fingerprint density at radius 1 is 1.20 bits per heavy atom. The van der Waals surface area contributed by atoms with Gasteiger partial charge in [0.1, 0.15) is 0 Å². The molecule has 1 N–H and O–H groups in total. The van der Waals surface area contributed by atoms with Gasteiger partial charge in [-0.25, -0.2) is 0 Å². The molecule has 1 aromatic carbocycles. The second-order valence-corrected chi connectivity index (χ2v) is 6.59. The second kappa shape index (κ2) is 7.24. The van der Waals surface area contributed by atoms with E-state index in [1.807, 2.05) is 0 Å². The Kier molecular flexibility index (Phi) is 5.62. The number of rotatable bonds is 5. The molecule has 3 unspecified atom stereocenters. The van der Waals surface area contributed by atoms with Crippen LogP contribution in [-0.2, 0) is 0 Å². The van der Waals surface area contributed by atoms with E-state index in [4.69, 9.17) is 0 Å². The van der Waals surface area contributed by atoms with Crippen molar-refractivity contribution in [2.45, 2.75) is 52.1 Å². The second-order valence-electron chi connectivity index (χ2n) is 6.59. The minimum atomic E-state index is 0.608. The topological polar surface area (TPSA) is 15.3 Å². The van der Waals surface area contributed by atoms with Gasteiger partial charge < -0.3 is 5.32 Å². The molecule has 1 aliphatic rings. The first-order valence-electron chi connectivity index (χ1n) is 8.14.